The number of anilines is 1. The second-order valence-electron chi connectivity index (χ2n) is 8.70. The van der Waals surface area contributed by atoms with E-state index < -0.39 is 41.6 Å². The molecule has 3 aliphatic heterocycles. The van der Waals surface area contributed by atoms with Gasteiger partial charge in [0, 0.05) is 16.8 Å². The molecule has 7 heteroatoms. The second kappa shape index (κ2) is 7.64. The van der Waals surface area contributed by atoms with E-state index in [1.807, 2.05) is 35.2 Å². The standard InChI is InChI=1S/C27H18ClFN2O3/c28-17-10-8-16(9-11-17)25(32)24-22-21(23-20-7-2-1-4-15(20)12-13-30(23)24)26(33)31(27(22)34)19-6-3-5-18(29)14-19/h1-14,21-24H/t21-,22+,23?,24-/m0/s1. The fourth-order valence-corrected chi connectivity index (χ4v) is 5.64. The Hall–Kier alpha value is -3.77. The van der Waals surface area contributed by atoms with Gasteiger partial charge in [0.1, 0.15) is 11.9 Å². The molecule has 2 fully saturated rings. The number of amides is 2. The Morgan fingerprint density at radius 3 is 2.38 bits per heavy atom. The van der Waals surface area contributed by atoms with Gasteiger partial charge in [-0.05, 0) is 59.7 Å². The maximum atomic E-state index is 14.0. The van der Waals surface area contributed by atoms with Gasteiger partial charge in [0.15, 0.2) is 5.78 Å². The minimum atomic E-state index is -0.903. The summed E-state index contributed by atoms with van der Waals surface area (Å²) in [7, 11) is 0. The van der Waals surface area contributed by atoms with Crippen molar-refractivity contribution in [3.05, 3.63) is 107 Å². The quantitative estimate of drug-likeness (QED) is 0.403. The summed E-state index contributed by atoms with van der Waals surface area (Å²) in [6, 6.07) is 18.2. The van der Waals surface area contributed by atoms with Crippen molar-refractivity contribution in [1.82, 2.24) is 4.90 Å². The maximum absolute atomic E-state index is 14.0. The lowest BCUT2D eigenvalue weighted by Crippen LogP contribution is -2.44. The zero-order chi connectivity index (χ0) is 23.6. The molecule has 0 aliphatic carbocycles. The van der Waals surface area contributed by atoms with E-state index in [0.29, 0.717) is 10.6 Å². The highest BCUT2D eigenvalue weighted by atomic mass is 35.5. The first-order valence-electron chi connectivity index (χ1n) is 10.9. The molecule has 5 nitrogen and oxygen atoms in total. The lowest BCUT2D eigenvalue weighted by atomic mass is 9.83. The van der Waals surface area contributed by atoms with Crippen molar-refractivity contribution in [3.63, 3.8) is 0 Å². The van der Waals surface area contributed by atoms with Gasteiger partial charge in [0.2, 0.25) is 11.8 Å². The van der Waals surface area contributed by atoms with Crippen molar-refractivity contribution >= 4 is 41.0 Å². The number of ketones is 1. The van der Waals surface area contributed by atoms with Gasteiger partial charge in [-0.1, -0.05) is 41.9 Å². The van der Waals surface area contributed by atoms with Crippen LogP contribution in [0.4, 0.5) is 10.1 Å². The zero-order valence-corrected chi connectivity index (χ0v) is 18.5. The second-order valence-corrected chi connectivity index (χ2v) is 9.13. The fraction of sp³-hybridized carbons (Fsp3) is 0.148. The van der Waals surface area contributed by atoms with E-state index in [4.69, 9.17) is 11.6 Å². The summed E-state index contributed by atoms with van der Waals surface area (Å²) < 4.78 is 14.0. The van der Waals surface area contributed by atoms with Crippen LogP contribution in [0.3, 0.4) is 0 Å². The van der Waals surface area contributed by atoms with Crippen molar-refractivity contribution in [2.75, 3.05) is 4.90 Å². The summed E-state index contributed by atoms with van der Waals surface area (Å²) in [6.45, 7) is 0. The van der Waals surface area contributed by atoms with E-state index in [0.717, 1.165) is 16.0 Å². The van der Waals surface area contributed by atoms with Crippen molar-refractivity contribution in [2.45, 2.75) is 12.1 Å². The van der Waals surface area contributed by atoms with Crippen molar-refractivity contribution in [2.24, 2.45) is 11.8 Å². The Labute approximate surface area is 200 Å². The van der Waals surface area contributed by atoms with Crippen LogP contribution >= 0.6 is 11.6 Å². The Kier molecular flexibility index (Phi) is 4.67. The van der Waals surface area contributed by atoms with Crippen molar-refractivity contribution < 1.29 is 18.8 Å². The number of carbonyl (C=O) groups is 3. The van der Waals surface area contributed by atoms with Gasteiger partial charge in [-0.25, -0.2) is 9.29 Å². The Morgan fingerprint density at radius 2 is 1.62 bits per heavy atom. The number of fused-ring (bicyclic) bond motifs is 5. The summed E-state index contributed by atoms with van der Waals surface area (Å²) in [4.78, 5) is 44.1. The maximum Gasteiger partial charge on any atom is 0.240 e. The van der Waals surface area contributed by atoms with Crippen LogP contribution in [0.2, 0.25) is 5.02 Å². The van der Waals surface area contributed by atoms with Crippen LogP contribution in [0.15, 0.2) is 79.0 Å². The normalized spacial score (nSPS) is 24.8. The molecule has 0 bridgehead atoms. The molecule has 2 amide bonds. The number of Topliss-reactive ketones (excluding diaryl/α,β-unsaturated/α-hetero) is 1. The van der Waals surface area contributed by atoms with Gasteiger partial charge in [-0.15, -0.1) is 0 Å². The highest BCUT2D eigenvalue weighted by Gasteiger charge is 2.64. The number of hydrogen-bond acceptors (Lipinski definition) is 4. The molecule has 3 aromatic carbocycles. The molecule has 0 spiro atoms. The van der Waals surface area contributed by atoms with Crippen LogP contribution < -0.4 is 4.90 Å². The fourth-order valence-electron chi connectivity index (χ4n) is 5.51. The number of imide groups is 1. The third kappa shape index (κ3) is 2.95. The van der Waals surface area contributed by atoms with Gasteiger partial charge in [0.25, 0.3) is 0 Å². The number of benzene rings is 3. The average Bonchev–Trinajstić information content (AvgIpc) is 3.31. The molecule has 6 rings (SSSR count). The molecule has 3 aliphatic rings. The monoisotopic (exact) mass is 472 g/mol. The first kappa shape index (κ1) is 20.8. The lowest BCUT2D eigenvalue weighted by Gasteiger charge is -2.35. The highest BCUT2D eigenvalue weighted by Crippen LogP contribution is 2.53. The van der Waals surface area contributed by atoms with E-state index in [9.17, 15) is 18.8 Å². The van der Waals surface area contributed by atoms with Crippen LogP contribution in [0.5, 0.6) is 0 Å². The molecule has 3 heterocycles. The van der Waals surface area contributed by atoms with Crippen LogP contribution in [0.25, 0.3) is 6.08 Å². The summed E-state index contributed by atoms with van der Waals surface area (Å²) in [6.07, 6.45) is 3.70. The smallest absolute Gasteiger partial charge is 0.240 e. The van der Waals surface area contributed by atoms with Crippen molar-refractivity contribution in [3.8, 4) is 0 Å². The van der Waals surface area contributed by atoms with Crippen LogP contribution in [0, 0.1) is 17.7 Å². The number of carbonyl (C=O) groups excluding carboxylic acids is 3. The Bertz CT molecular complexity index is 1390. The van der Waals surface area contributed by atoms with E-state index in [1.54, 1.807) is 30.5 Å². The van der Waals surface area contributed by atoms with E-state index >= 15 is 0 Å². The van der Waals surface area contributed by atoms with Crippen LogP contribution in [-0.4, -0.2) is 28.5 Å². The predicted octanol–water partition coefficient (Wildman–Crippen LogP) is 4.88. The number of hydrogen-bond donors (Lipinski definition) is 0. The molecule has 1 unspecified atom stereocenters. The summed E-state index contributed by atoms with van der Waals surface area (Å²) in [5.74, 6) is -3.40. The van der Waals surface area contributed by atoms with Gasteiger partial charge < -0.3 is 4.90 Å². The molecule has 34 heavy (non-hydrogen) atoms. The molecule has 0 radical (unpaired) electrons. The minimum absolute atomic E-state index is 0.174. The zero-order valence-electron chi connectivity index (χ0n) is 17.8. The highest BCUT2D eigenvalue weighted by molar-refractivity contribution is 6.30. The van der Waals surface area contributed by atoms with Crippen LogP contribution in [-0.2, 0) is 9.59 Å². The first-order valence-corrected chi connectivity index (χ1v) is 11.3. The molecular formula is C27H18ClFN2O3. The average molecular weight is 473 g/mol. The largest absolute Gasteiger partial charge is 0.358 e. The van der Waals surface area contributed by atoms with Gasteiger partial charge in [-0.2, -0.15) is 0 Å². The number of rotatable bonds is 3. The molecule has 2 saturated heterocycles. The lowest BCUT2D eigenvalue weighted by molar-refractivity contribution is -0.123. The third-order valence-electron chi connectivity index (χ3n) is 6.93. The Morgan fingerprint density at radius 1 is 0.882 bits per heavy atom. The predicted molar refractivity (Wildman–Crippen MR) is 125 cm³/mol. The van der Waals surface area contributed by atoms with Gasteiger partial charge in [0.05, 0.1) is 23.6 Å². The molecular weight excluding hydrogens is 455 g/mol. The SMILES string of the molecule is O=C(c1ccc(Cl)cc1)[C@@H]1[C@@H]2C(=O)N(c3cccc(F)c3)C(=O)[C@@H]2C2c3ccccc3C=CN21. The first-order chi connectivity index (χ1) is 16.5. The minimum Gasteiger partial charge on any atom is -0.358 e. The summed E-state index contributed by atoms with van der Waals surface area (Å²) >= 11 is 6.01. The number of nitrogens with zero attached hydrogens (tertiary/aromatic N) is 2. The molecule has 0 N–H and O–H groups in total. The number of halogens is 2. The third-order valence-corrected chi connectivity index (χ3v) is 7.18. The van der Waals surface area contributed by atoms with Crippen LogP contribution in [0.1, 0.15) is 27.5 Å². The summed E-state index contributed by atoms with van der Waals surface area (Å²) in [5, 5.41) is 0.495. The van der Waals surface area contributed by atoms with E-state index in [1.165, 1.54) is 24.3 Å². The Balaban J connectivity index is 1.50. The summed E-state index contributed by atoms with van der Waals surface area (Å²) in [5.41, 5.74) is 2.40. The molecule has 4 atom stereocenters. The molecule has 168 valence electrons. The molecule has 0 aromatic heterocycles. The molecule has 3 aromatic rings. The topological polar surface area (TPSA) is 57.7 Å². The van der Waals surface area contributed by atoms with Gasteiger partial charge in [-0.3, -0.25) is 14.4 Å². The molecule has 0 saturated carbocycles. The van der Waals surface area contributed by atoms with Crippen molar-refractivity contribution in [1.29, 1.82) is 0 Å². The van der Waals surface area contributed by atoms with E-state index in [-0.39, 0.29) is 11.5 Å². The van der Waals surface area contributed by atoms with E-state index in [2.05, 4.69) is 0 Å². The van der Waals surface area contributed by atoms with Gasteiger partial charge >= 0.3 is 0 Å².